The molecule has 6 nitrogen and oxygen atoms in total. The largest absolute Gasteiger partial charge is 0.346 e. The van der Waals surface area contributed by atoms with Gasteiger partial charge < -0.3 is 9.88 Å². The molecule has 0 aromatic carbocycles. The fourth-order valence-electron chi connectivity index (χ4n) is 2.62. The molecule has 7 heteroatoms. The zero-order valence-electron chi connectivity index (χ0n) is 11.4. The van der Waals surface area contributed by atoms with Crippen LogP contribution < -0.4 is 5.32 Å². The Morgan fingerprint density at radius 1 is 1.55 bits per heavy atom. The quantitative estimate of drug-likeness (QED) is 0.901. The summed E-state index contributed by atoms with van der Waals surface area (Å²) in [6.07, 6.45) is 5.57. The van der Waals surface area contributed by atoms with Crippen LogP contribution in [0.2, 0.25) is 0 Å². The number of nitrogens with zero attached hydrogens (tertiary/aromatic N) is 4. The molecule has 20 heavy (non-hydrogen) atoms. The molecule has 1 aliphatic heterocycles. The Morgan fingerprint density at radius 3 is 3.05 bits per heavy atom. The van der Waals surface area contributed by atoms with Crippen LogP contribution in [0.5, 0.6) is 0 Å². The van der Waals surface area contributed by atoms with Crippen LogP contribution in [0.15, 0.2) is 16.9 Å². The summed E-state index contributed by atoms with van der Waals surface area (Å²) in [7, 11) is 1.78. The van der Waals surface area contributed by atoms with Gasteiger partial charge in [-0.1, -0.05) is 0 Å². The summed E-state index contributed by atoms with van der Waals surface area (Å²) in [5.74, 6) is 1.00. The van der Waals surface area contributed by atoms with Crippen molar-refractivity contribution >= 4 is 21.8 Å². The van der Waals surface area contributed by atoms with E-state index in [4.69, 9.17) is 0 Å². The summed E-state index contributed by atoms with van der Waals surface area (Å²) in [6, 6.07) is 0.131. The summed E-state index contributed by atoms with van der Waals surface area (Å²) in [4.78, 5) is 16.7. The maximum absolute atomic E-state index is 12.4. The zero-order valence-corrected chi connectivity index (χ0v) is 13.0. The van der Waals surface area contributed by atoms with Crippen LogP contribution >= 0.6 is 15.9 Å². The summed E-state index contributed by atoms with van der Waals surface area (Å²) < 4.78 is 4.47. The van der Waals surface area contributed by atoms with Crippen molar-refractivity contribution in [2.24, 2.45) is 7.05 Å². The number of amides is 1. The first-order valence-electron chi connectivity index (χ1n) is 6.56. The van der Waals surface area contributed by atoms with E-state index in [-0.39, 0.29) is 11.9 Å². The number of aromatic nitrogens is 4. The molecule has 1 aliphatic rings. The van der Waals surface area contributed by atoms with Crippen molar-refractivity contribution in [3.8, 4) is 0 Å². The monoisotopic (exact) mass is 337 g/mol. The van der Waals surface area contributed by atoms with Crippen LogP contribution in [0, 0.1) is 6.92 Å². The number of hydrogen-bond acceptors (Lipinski definition) is 3. The van der Waals surface area contributed by atoms with Gasteiger partial charge in [-0.15, -0.1) is 0 Å². The minimum atomic E-state index is -0.0893. The molecular formula is C13H16BrN5O. The Hall–Kier alpha value is -1.63. The number of halogens is 1. The third kappa shape index (κ3) is 2.26. The molecule has 0 saturated carbocycles. The van der Waals surface area contributed by atoms with E-state index in [1.165, 1.54) is 0 Å². The Kier molecular flexibility index (Phi) is 3.37. The second-order valence-electron chi connectivity index (χ2n) is 5.08. The van der Waals surface area contributed by atoms with Crippen molar-refractivity contribution in [1.82, 2.24) is 24.6 Å². The minimum absolute atomic E-state index is 0.0893. The molecule has 3 heterocycles. The summed E-state index contributed by atoms with van der Waals surface area (Å²) in [5, 5.41) is 7.33. The van der Waals surface area contributed by atoms with Gasteiger partial charge in [-0.05, 0) is 29.3 Å². The van der Waals surface area contributed by atoms with E-state index in [1.54, 1.807) is 17.9 Å². The number of imidazole rings is 1. The lowest BCUT2D eigenvalue weighted by atomic mass is 10.1. The van der Waals surface area contributed by atoms with Gasteiger partial charge in [-0.25, -0.2) is 4.98 Å². The molecule has 0 saturated heterocycles. The first-order chi connectivity index (χ1) is 9.56. The van der Waals surface area contributed by atoms with Crippen LogP contribution in [0.3, 0.4) is 0 Å². The number of aryl methyl sites for hydroxylation is 3. The van der Waals surface area contributed by atoms with Crippen LogP contribution in [0.4, 0.5) is 0 Å². The number of hydrogen-bond donors (Lipinski definition) is 1. The van der Waals surface area contributed by atoms with Crippen molar-refractivity contribution in [3.63, 3.8) is 0 Å². The molecule has 0 bridgehead atoms. The molecule has 2 aromatic heterocycles. The van der Waals surface area contributed by atoms with E-state index >= 15 is 0 Å². The molecule has 1 N–H and O–H groups in total. The van der Waals surface area contributed by atoms with Crippen LogP contribution in [0.1, 0.15) is 28.4 Å². The molecule has 0 spiro atoms. The Morgan fingerprint density at radius 2 is 2.35 bits per heavy atom. The minimum Gasteiger partial charge on any atom is -0.346 e. The second kappa shape index (κ2) is 5.05. The maximum atomic E-state index is 12.4. The fraction of sp³-hybridized carbons (Fsp3) is 0.462. The summed E-state index contributed by atoms with van der Waals surface area (Å²) >= 11 is 3.43. The number of nitrogens with one attached hydrogen (secondary N) is 1. The summed E-state index contributed by atoms with van der Waals surface area (Å²) in [6.45, 7) is 2.65. The Bertz CT molecular complexity index is 660. The molecule has 0 aliphatic carbocycles. The number of fused-ring (bicyclic) bond motifs is 1. The van der Waals surface area contributed by atoms with Crippen LogP contribution in [-0.2, 0) is 20.0 Å². The van der Waals surface area contributed by atoms with Crippen molar-refractivity contribution in [3.05, 3.63) is 34.1 Å². The van der Waals surface area contributed by atoms with Crippen molar-refractivity contribution in [1.29, 1.82) is 0 Å². The SMILES string of the molecule is Cc1nn(C)c(C(=O)N[C@H]2CCc3nccn3C2)c1Br. The molecule has 1 amide bonds. The van der Waals surface area contributed by atoms with Gasteiger partial charge in [0.05, 0.1) is 10.2 Å². The summed E-state index contributed by atoms with van der Waals surface area (Å²) in [5.41, 5.74) is 1.39. The molecule has 106 valence electrons. The predicted molar refractivity (Wildman–Crippen MR) is 77.4 cm³/mol. The van der Waals surface area contributed by atoms with Gasteiger partial charge in [0.1, 0.15) is 11.5 Å². The zero-order chi connectivity index (χ0) is 14.3. The van der Waals surface area contributed by atoms with Gasteiger partial charge in [-0.3, -0.25) is 9.48 Å². The molecular weight excluding hydrogens is 322 g/mol. The highest BCUT2D eigenvalue weighted by Gasteiger charge is 2.24. The van der Waals surface area contributed by atoms with Crippen LogP contribution in [-0.4, -0.2) is 31.3 Å². The topological polar surface area (TPSA) is 64.7 Å². The highest BCUT2D eigenvalue weighted by Crippen LogP contribution is 2.21. The van der Waals surface area contributed by atoms with Crippen molar-refractivity contribution in [2.45, 2.75) is 32.4 Å². The molecule has 0 unspecified atom stereocenters. The van der Waals surface area contributed by atoms with Gasteiger partial charge in [-0.2, -0.15) is 5.10 Å². The predicted octanol–water partition coefficient (Wildman–Crippen LogP) is 1.43. The lowest BCUT2D eigenvalue weighted by molar-refractivity contribution is 0.0917. The first kappa shape index (κ1) is 13.4. The number of carbonyl (C=O) groups is 1. The van der Waals surface area contributed by atoms with Gasteiger partial charge in [0.25, 0.3) is 5.91 Å². The first-order valence-corrected chi connectivity index (χ1v) is 7.35. The van der Waals surface area contributed by atoms with Gasteiger partial charge >= 0.3 is 0 Å². The second-order valence-corrected chi connectivity index (χ2v) is 5.87. The van der Waals surface area contributed by atoms with E-state index in [0.29, 0.717) is 5.69 Å². The van der Waals surface area contributed by atoms with E-state index < -0.39 is 0 Å². The Balaban J connectivity index is 1.74. The third-order valence-electron chi connectivity index (χ3n) is 3.63. The lowest BCUT2D eigenvalue weighted by Crippen LogP contribution is -2.41. The van der Waals surface area contributed by atoms with Crippen LogP contribution in [0.25, 0.3) is 0 Å². The highest BCUT2D eigenvalue weighted by atomic mass is 79.9. The van der Waals surface area contributed by atoms with Crippen molar-refractivity contribution < 1.29 is 4.79 Å². The van der Waals surface area contributed by atoms with Gasteiger partial charge in [0.2, 0.25) is 0 Å². The fourth-order valence-corrected chi connectivity index (χ4v) is 3.13. The smallest absolute Gasteiger partial charge is 0.271 e. The average Bonchev–Trinajstić information content (AvgIpc) is 2.94. The highest BCUT2D eigenvalue weighted by molar-refractivity contribution is 9.10. The molecule has 3 rings (SSSR count). The Labute approximate surface area is 125 Å². The standard InChI is InChI=1S/C13H16BrN5O/c1-8-11(14)12(18(2)17-8)13(20)16-9-3-4-10-15-5-6-19(10)7-9/h5-6,9H,3-4,7H2,1-2H3,(H,16,20)/t9-/m0/s1. The molecule has 1 atom stereocenters. The number of carbonyl (C=O) groups excluding carboxylic acids is 1. The van der Waals surface area contributed by atoms with Gasteiger partial charge in [0, 0.05) is 38.4 Å². The molecule has 2 aromatic rings. The van der Waals surface area contributed by atoms with Gasteiger partial charge in [0.15, 0.2) is 0 Å². The normalized spacial score (nSPS) is 17.9. The number of rotatable bonds is 2. The lowest BCUT2D eigenvalue weighted by Gasteiger charge is -2.24. The third-order valence-corrected chi connectivity index (χ3v) is 4.58. The van der Waals surface area contributed by atoms with E-state index in [9.17, 15) is 4.79 Å². The van der Waals surface area contributed by atoms with E-state index in [0.717, 1.165) is 35.4 Å². The maximum Gasteiger partial charge on any atom is 0.271 e. The average molecular weight is 338 g/mol. The van der Waals surface area contributed by atoms with Crippen molar-refractivity contribution in [2.75, 3.05) is 0 Å². The molecule has 0 fully saturated rings. The van der Waals surface area contributed by atoms with E-state index in [1.807, 2.05) is 13.1 Å². The van der Waals surface area contributed by atoms with E-state index in [2.05, 4.69) is 35.9 Å². The molecule has 0 radical (unpaired) electrons.